The number of hydrogen-bond donors (Lipinski definition) is 0. The fourth-order valence-electron chi connectivity index (χ4n) is 6.08. The Hall–Kier alpha value is -4.29. The summed E-state index contributed by atoms with van der Waals surface area (Å²) < 4.78 is 44.6. The average Bonchev–Trinajstić information content (AvgIpc) is 3.53. The second kappa shape index (κ2) is 12.5. The summed E-state index contributed by atoms with van der Waals surface area (Å²) in [5.41, 5.74) is 0.526. The minimum Gasteiger partial charge on any atom is -0.466 e. The number of sulfonamides is 1. The number of carbonyl (C=O) groups is 4. The number of ether oxygens (including phenoxy) is 3. The lowest BCUT2D eigenvalue weighted by Gasteiger charge is -2.40. The maximum absolute atomic E-state index is 14.2. The molecule has 1 spiro atoms. The number of esters is 3. The molecule has 2 aliphatic rings. The SMILES string of the molecule is CCOC(=O)C1N(S(=O)(=O)c2ccc(C)cc2)CCC12c1ccccc1N(C(C)=O)C2C(C=CC(=O)OC)=CC(=O)OC. The summed E-state index contributed by atoms with van der Waals surface area (Å²) in [4.78, 5) is 53.5. The Bertz CT molecular complexity index is 1600. The smallest absolute Gasteiger partial charge is 0.330 e. The molecule has 0 N–H and O–H groups in total. The molecule has 3 atom stereocenters. The lowest BCUT2D eigenvalue weighted by Crippen LogP contribution is -2.58. The van der Waals surface area contributed by atoms with Gasteiger partial charge in [-0.25, -0.2) is 18.0 Å². The Morgan fingerprint density at radius 2 is 1.60 bits per heavy atom. The maximum atomic E-state index is 14.2. The zero-order valence-corrected chi connectivity index (χ0v) is 25.4. The van der Waals surface area contributed by atoms with Crippen molar-refractivity contribution in [2.45, 2.75) is 49.6 Å². The first kappa shape index (κ1) is 31.6. The van der Waals surface area contributed by atoms with Crippen molar-refractivity contribution in [3.8, 4) is 0 Å². The van der Waals surface area contributed by atoms with E-state index in [0.29, 0.717) is 11.3 Å². The van der Waals surface area contributed by atoms with E-state index in [4.69, 9.17) is 14.2 Å². The van der Waals surface area contributed by atoms with E-state index in [1.165, 1.54) is 44.3 Å². The topological polar surface area (TPSA) is 137 Å². The van der Waals surface area contributed by atoms with Crippen LogP contribution in [0, 0.1) is 6.92 Å². The van der Waals surface area contributed by atoms with E-state index in [1.807, 2.05) is 6.92 Å². The first-order chi connectivity index (χ1) is 20.4. The zero-order valence-electron chi connectivity index (χ0n) is 24.6. The average molecular weight is 611 g/mol. The van der Waals surface area contributed by atoms with Gasteiger partial charge in [-0.3, -0.25) is 9.59 Å². The van der Waals surface area contributed by atoms with Gasteiger partial charge in [-0.15, -0.1) is 0 Å². The van der Waals surface area contributed by atoms with E-state index < -0.39 is 51.3 Å². The predicted octanol–water partition coefficient (Wildman–Crippen LogP) is 2.82. The number of methoxy groups -OCH3 is 2. The van der Waals surface area contributed by atoms with Gasteiger partial charge in [0.05, 0.1) is 37.2 Å². The monoisotopic (exact) mass is 610 g/mol. The van der Waals surface area contributed by atoms with Crippen LogP contribution in [-0.4, -0.2) is 76.0 Å². The maximum Gasteiger partial charge on any atom is 0.330 e. The fourth-order valence-corrected chi connectivity index (χ4v) is 7.71. The number of amides is 1. The van der Waals surface area contributed by atoms with Crippen molar-refractivity contribution < 1.29 is 41.8 Å². The Kier molecular flexibility index (Phi) is 9.21. The molecule has 1 fully saturated rings. The second-order valence-corrected chi connectivity index (χ2v) is 12.1. The molecule has 0 bridgehead atoms. The summed E-state index contributed by atoms with van der Waals surface area (Å²) in [7, 11) is -1.89. The molecule has 2 aromatic rings. The van der Waals surface area contributed by atoms with Gasteiger partial charge >= 0.3 is 17.9 Å². The molecule has 0 aliphatic carbocycles. The largest absolute Gasteiger partial charge is 0.466 e. The van der Waals surface area contributed by atoms with Crippen molar-refractivity contribution in [1.29, 1.82) is 0 Å². The van der Waals surface area contributed by atoms with Crippen LogP contribution in [0.3, 0.4) is 0 Å². The van der Waals surface area contributed by atoms with Gasteiger partial charge in [0.25, 0.3) is 0 Å². The van der Waals surface area contributed by atoms with Crippen LogP contribution in [0.25, 0.3) is 0 Å². The lowest BCUT2D eigenvalue weighted by molar-refractivity contribution is -0.149. The molecule has 0 aromatic heterocycles. The molecule has 1 amide bonds. The minimum atomic E-state index is -4.25. The molecule has 11 nitrogen and oxygen atoms in total. The van der Waals surface area contributed by atoms with E-state index in [0.717, 1.165) is 22.0 Å². The summed E-state index contributed by atoms with van der Waals surface area (Å²) in [6.07, 6.45) is 3.60. The van der Waals surface area contributed by atoms with E-state index in [2.05, 4.69) is 0 Å². The molecule has 228 valence electrons. The Labute approximate surface area is 250 Å². The summed E-state index contributed by atoms with van der Waals surface area (Å²) in [6, 6.07) is 10.6. The molecular weight excluding hydrogens is 576 g/mol. The number of carbonyl (C=O) groups excluding carboxylic acids is 4. The van der Waals surface area contributed by atoms with Crippen LogP contribution in [0.15, 0.2) is 77.2 Å². The standard InChI is InChI=1S/C31H34N2O9S/c1-6-42-30(37)29-31(17-18-32(29)43(38,39)23-14-11-20(2)12-15-23)24-9-7-8-10-25(24)33(21(3)34)28(31)22(19-27(36)41-5)13-16-26(35)40-4/h7-16,19,28-29H,6,17-18H2,1-5H3. The third-order valence-corrected chi connectivity index (χ3v) is 9.70. The van der Waals surface area contributed by atoms with E-state index in [9.17, 15) is 27.6 Å². The minimum absolute atomic E-state index is 0.00776. The van der Waals surface area contributed by atoms with E-state index in [-0.39, 0.29) is 30.0 Å². The van der Waals surface area contributed by atoms with Crippen molar-refractivity contribution in [2.24, 2.45) is 0 Å². The normalized spacial score (nSPS) is 22.1. The van der Waals surface area contributed by atoms with Crippen LogP contribution in [-0.2, 0) is 48.8 Å². The van der Waals surface area contributed by atoms with Crippen LogP contribution >= 0.6 is 0 Å². The molecule has 2 aromatic carbocycles. The first-order valence-corrected chi connectivity index (χ1v) is 15.1. The number of nitrogens with zero attached hydrogens (tertiary/aromatic N) is 2. The van der Waals surface area contributed by atoms with Crippen LogP contribution in [0.2, 0.25) is 0 Å². The summed E-state index contributed by atoms with van der Waals surface area (Å²) in [5, 5.41) is 0. The highest BCUT2D eigenvalue weighted by Crippen LogP contribution is 2.57. The quantitative estimate of drug-likeness (QED) is 0.191. The molecule has 1 saturated heterocycles. The lowest BCUT2D eigenvalue weighted by atomic mass is 9.68. The van der Waals surface area contributed by atoms with Gasteiger partial charge in [0.15, 0.2) is 0 Å². The van der Waals surface area contributed by atoms with Gasteiger partial charge in [-0.2, -0.15) is 4.31 Å². The van der Waals surface area contributed by atoms with Crippen molar-refractivity contribution in [1.82, 2.24) is 4.31 Å². The van der Waals surface area contributed by atoms with Gasteiger partial charge in [0.2, 0.25) is 15.9 Å². The Morgan fingerprint density at radius 3 is 2.21 bits per heavy atom. The van der Waals surface area contributed by atoms with E-state index >= 15 is 0 Å². The van der Waals surface area contributed by atoms with Crippen LogP contribution in [0.4, 0.5) is 5.69 Å². The Balaban J connectivity index is 2.05. The van der Waals surface area contributed by atoms with Gasteiger partial charge in [-0.1, -0.05) is 35.9 Å². The van der Waals surface area contributed by atoms with Gasteiger partial charge < -0.3 is 19.1 Å². The van der Waals surface area contributed by atoms with Crippen molar-refractivity contribution in [3.05, 3.63) is 83.5 Å². The molecule has 0 radical (unpaired) electrons. The zero-order chi connectivity index (χ0) is 31.5. The molecule has 43 heavy (non-hydrogen) atoms. The fraction of sp³-hybridized carbons (Fsp3) is 0.355. The number of para-hydroxylation sites is 1. The summed E-state index contributed by atoms with van der Waals surface area (Å²) in [6.45, 7) is 4.65. The highest BCUT2D eigenvalue weighted by Gasteiger charge is 2.66. The Morgan fingerprint density at radius 1 is 0.953 bits per heavy atom. The third kappa shape index (κ3) is 5.59. The van der Waals surface area contributed by atoms with Crippen molar-refractivity contribution in [2.75, 3.05) is 32.3 Å². The number of fused-ring (bicyclic) bond motifs is 2. The van der Waals surface area contributed by atoms with Crippen LogP contribution < -0.4 is 4.90 Å². The number of aryl methyl sites for hydroxylation is 1. The molecule has 2 aliphatic heterocycles. The predicted molar refractivity (Wildman–Crippen MR) is 156 cm³/mol. The van der Waals surface area contributed by atoms with Crippen molar-refractivity contribution in [3.63, 3.8) is 0 Å². The first-order valence-electron chi connectivity index (χ1n) is 13.6. The molecule has 3 unspecified atom stereocenters. The second-order valence-electron chi connectivity index (χ2n) is 10.2. The van der Waals surface area contributed by atoms with E-state index in [1.54, 1.807) is 43.3 Å². The highest BCUT2D eigenvalue weighted by molar-refractivity contribution is 7.89. The number of benzene rings is 2. The van der Waals surface area contributed by atoms with Gasteiger partial charge in [0.1, 0.15) is 6.04 Å². The highest BCUT2D eigenvalue weighted by atomic mass is 32.2. The number of anilines is 1. The van der Waals surface area contributed by atoms with Crippen molar-refractivity contribution >= 4 is 39.5 Å². The van der Waals surface area contributed by atoms with Gasteiger partial charge in [-0.05, 0) is 55.7 Å². The number of hydrogen-bond acceptors (Lipinski definition) is 9. The molecule has 0 saturated carbocycles. The molecular formula is C31H34N2O9S. The number of rotatable bonds is 8. The summed E-state index contributed by atoms with van der Waals surface area (Å²) >= 11 is 0. The molecule has 2 heterocycles. The van der Waals surface area contributed by atoms with Crippen LogP contribution in [0.1, 0.15) is 31.4 Å². The third-order valence-electron chi connectivity index (χ3n) is 7.82. The molecule has 4 rings (SSSR count). The van der Waals surface area contributed by atoms with Gasteiger partial charge in [0, 0.05) is 31.3 Å². The summed E-state index contributed by atoms with van der Waals surface area (Å²) in [5.74, 6) is -2.75. The van der Waals surface area contributed by atoms with Crippen LogP contribution in [0.5, 0.6) is 0 Å². The molecule has 12 heteroatoms.